The number of aliphatic hydroxyl groups excluding tert-OH is 1. The van der Waals surface area contributed by atoms with Crippen LogP contribution in [0, 0.1) is 12.7 Å². The van der Waals surface area contributed by atoms with E-state index < -0.39 is 23.7 Å². The van der Waals surface area contributed by atoms with Crippen molar-refractivity contribution in [2.45, 2.75) is 19.2 Å². The molecule has 3 nitrogen and oxygen atoms in total. The molecule has 1 aromatic heterocycles. The Bertz CT molecular complexity index is 671. The molecule has 0 aliphatic rings. The second-order valence-corrected chi connectivity index (χ2v) is 4.66. The van der Waals surface area contributed by atoms with Crippen molar-refractivity contribution in [3.8, 4) is 0 Å². The van der Waals surface area contributed by atoms with E-state index in [9.17, 15) is 22.7 Å². The average Bonchev–Trinajstić information content (AvgIpc) is 2.39. The molecule has 2 aromatic rings. The number of nitrogen functional groups attached to an aromatic ring is 1. The first-order valence-corrected chi connectivity index (χ1v) is 5.96. The molecule has 0 bridgehead atoms. The van der Waals surface area contributed by atoms with Crippen LogP contribution in [0.15, 0.2) is 30.5 Å². The number of aromatic nitrogens is 1. The van der Waals surface area contributed by atoms with Gasteiger partial charge in [-0.3, -0.25) is 0 Å². The molecular weight excluding hydrogens is 288 g/mol. The van der Waals surface area contributed by atoms with Crippen LogP contribution >= 0.6 is 0 Å². The van der Waals surface area contributed by atoms with Gasteiger partial charge in [-0.1, -0.05) is 0 Å². The molecule has 0 amide bonds. The topological polar surface area (TPSA) is 59.1 Å². The number of hydrogen-bond donors (Lipinski definition) is 2. The van der Waals surface area contributed by atoms with Gasteiger partial charge in [-0.2, -0.15) is 13.2 Å². The van der Waals surface area contributed by atoms with Crippen LogP contribution in [0.4, 0.5) is 23.4 Å². The Balaban J connectivity index is 2.51. The molecule has 112 valence electrons. The standard InChI is InChI=1S/C14H12F4N2O/c1-7-2-11(13(19)20-6-7)12(21)8-3-9(14(16,17)18)5-10(15)4-8/h2-6,12,21H,1H3,(H2,19,20). The molecule has 0 aliphatic carbocycles. The summed E-state index contributed by atoms with van der Waals surface area (Å²) in [5, 5.41) is 10.2. The van der Waals surface area contributed by atoms with Gasteiger partial charge in [0, 0.05) is 11.8 Å². The molecule has 1 aromatic carbocycles. The van der Waals surface area contributed by atoms with Gasteiger partial charge in [0.15, 0.2) is 0 Å². The zero-order chi connectivity index (χ0) is 15.8. The summed E-state index contributed by atoms with van der Waals surface area (Å²) in [6.45, 7) is 1.69. The Morgan fingerprint density at radius 2 is 1.86 bits per heavy atom. The molecule has 0 saturated carbocycles. The highest BCUT2D eigenvalue weighted by atomic mass is 19.4. The lowest BCUT2D eigenvalue weighted by Crippen LogP contribution is -2.10. The largest absolute Gasteiger partial charge is 0.416 e. The van der Waals surface area contributed by atoms with E-state index in [-0.39, 0.29) is 16.9 Å². The smallest absolute Gasteiger partial charge is 0.384 e. The van der Waals surface area contributed by atoms with Gasteiger partial charge >= 0.3 is 6.18 Å². The summed E-state index contributed by atoms with van der Waals surface area (Å²) in [6.07, 6.45) is -4.74. The fraction of sp³-hybridized carbons (Fsp3) is 0.214. The van der Waals surface area contributed by atoms with Crippen molar-refractivity contribution >= 4 is 5.82 Å². The molecule has 1 unspecified atom stereocenters. The molecule has 21 heavy (non-hydrogen) atoms. The van der Waals surface area contributed by atoms with E-state index in [1.54, 1.807) is 6.92 Å². The van der Waals surface area contributed by atoms with Crippen LogP contribution in [0.25, 0.3) is 0 Å². The summed E-state index contributed by atoms with van der Waals surface area (Å²) in [5.41, 5.74) is 5.00. The van der Waals surface area contributed by atoms with Crippen molar-refractivity contribution in [2.75, 3.05) is 5.73 Å². The van der Waals surface area contributed by atoms with Gasteiger partial charge in [0.05, 0.1) is 5.56 Å². The first-order valence-electron chi connectivity index (χ1n) is 5.96. The molecule has 1 heterocycles. The molecule has 2 rings (SSSR count). The summed E-state index contributed by atoms with van der Waals surface area (Å²) in [4.78, 5) is 3.82. The van der Waals surface area contributed by atoms with E-state index in [0.717, 1.165) is 6.07 Å². The van der Waals surface area contributed by atoms with Gasteiger partial charge in [0.1, 0.15) is 17.7 Å². The van der Waals surface area contributed by atoms with Gasteiger partial charge in [0.25, 0.3) is 0 Å². The fourth-order valence-corrected chi connectivity index (χ4v) is 1.93. The van der Waals surface area contributed by atoms with Crippen molar-refractivity contribution in [3.63, 3.8) is 0 Å². The summed E-state index contributed by atoms with van der Waals surface area (Å²) in [7, 11) is 0. The second kappa shape index (κ2) is 5.33. The van der Waals surface area contributed by atoms with Crippen LogP contribution in [0.5, 0.6) is 0 Å². The number of nitrogens with zero attached hydrogens (tertiary/aromatic N) is 1. The van der Waals surface area contributed by atoms with Crippen molar-refractivity contribution in [2.24, 2.45) is 0 Å². The van der Waals surface area contributed by atoms with Crippen molar-refractivity contribution in [1.82, 2.24) is 4.98 Å². The lowest BCUT2D eigenvalue weighted by molar-refractivity contribution is -0.137. The van der Waals surface area contributed by atoms with Gasteiger partial charge in [-0.05, 0) is 42.3 Å². The highest BCUT2D eigenvalue weighted by Crippen LogP contribution is 2.34. The number of aryl methyl sites for hydroxylation is 1. The van der Waals surface area contributed by atoms with E-state index in [1.165, 1.54) is 12.3 Å². The van der Waals surface area contributed by atoms with Crippen LogP contribution in [0.1, 0.15) is 28.4 Å². The molecule has 0 spiro atoms. The molecular formula is C14H12F4N2O. The maximum absolute atomic E-state index is 13.4. The number of aliphatic hydroxyl groups is 1. The molecule has 1 atom stereocenters. The maximum Gasteiger partial charge on any atom is 0.416 e. The van der Waals surface area contributed by atoms with Crippen molar-refractivity contribution in [1.29, 1.82) is 0 Å². The number of alkyl halides is 3. The normalized spacial score (nSPS) is 13.2. The minimum atomic E-state index is -4.70. The Labute approximate surface area is 118 Å². The molecule has 0 aliphatic heterocycles. The van der Waals surface area contributed by atoms with E-state index in [4.69, 9.17) is 5.73 Å². The number of anilines is 1. The number of benzene rings is 1. The lowest BCUT2D eigenvalue weighted by atomic mass is 9.99. The predicted octanol–water partition coefficient (Wildman–Crippen LogP) is 3.21. The van der Waals surface area contributed by atoms with E-state index in [2.05, 4.69) is 4.98 Å². The number of pyridine rings is 1. The van der Waals surface area contributed by atoms with Gasteiger partial charge < -0.3 is 10.8 Å². The Hall–Kier alpha value is -2.15. The third kappa shape index (κ3) is 3.30. The highest BCUT2D eigenvalue weighted by molar-refractivity contribution is 5.46. The molecule has 3 N–H and O–H groups in total. The first kappa shape index (κ1) is 15.2. The minimum absolute atomic E-state index is 0.0223. The summed E-state index contributed by atoms with van der Waals surface area (Å²) in [5.74, 6) is -1.11. The fourth-order valence-electron chi connectivity index (χ4n) is 1.93. The van der Waals surface area contributed by atoms with Gasteiger partial charge in [-0.15, -0.1) is 0 Å². The third-order valence-electron chi connectivity index (χ3n) is 2.94. The van der Waals surface area contributed by atoms with Gasteiger partial charge in [0.2, 0.25) is 0 Å². The summed E-state index contributed by atoms with van der Waals surface area (Å²) < 4.78 is 51.4. The van der Waals surface area contributed by atoms with Crippen LogP contribution in [0.2, 0.25) is 0 Å². The summed E-state index contributed by atoms with van der Waals surface area (Å²) >= 11 is 0. The van der Waals surface area contributed by atoms with Crippen LogP contribution in [0.3, 0.4) is 0 Å². The molecule has 0 fully saturated rings. The van der Waals surface area contributed by atoms with Gasteiger partial charge in [-0.25, -0.2) is 9.37 Å². The number of halogens is 4. The van der Waals surface area contributed by atoms with Crippen LogP contribution in [-0.2, 0) is 6.18 Å². The van der Waals surface area contributed by atoms with E-state index >= 15 is 0 Å². The molecule has 0 radical (unpaired) electrons. The average molecular weight is 300 g/mol. The Morgan fingerprint density at radius 1 is 1.19 bits per heavy atom. The minimum Gasteiger partial charge on any atom is -0.384 e. The maximum atomic E-state index is 13.4. The monoisotopic (exact) mass is 300 g/mol. The predicted molar refractivity (Wildman–Crippen MR) is 68.9 cm³/mol. The van der Waals surface area contributed by atoms with Crippen molar-refractivity contribution in [3.05, 3.63) is 58.5 Å². The lowest BCUT2D eigenvalue weighted by Gasteiger charge is -2.16. The first-order chi connectivity index (χ1) is 9.68. The Morgan fingerprint density at radius 3 is 2.48 bits per heavy atom. The number of hydrogen-bond acceptors (Lipinski definition) is 3. The summed E-state index contributed by atoms with van der Waals surface area (Å²) in [6, 6.07) is 3.39. The quantitative estimate of drug-likeness (QED) is 0.837. The van der Waals surface area contributed by atoms with E-state index in [1.807, 2.05) is 0 Å². The van der Waals surface area contributed by atoms with Crippen LogP contribution in [-0.4, -0.2) is 10.1 Å². The zero-order valence-electron chi connectivity index (χ0n) is 10.9. The Kier molecular flexibility index (Phi) is 3.87. The van der Waals surface area contributed by atoms with Crippen molar-refractivity contribution < 1.29 is 22.7 Å². The number of rotatable bonds is 2. The van der Waals surface area contributed by atoms with Crippen LogP contribution < -0.4 is 5.73 Å². The second-order valence-electron chi connectivity index (χ2n) is 4.66. The third-order valence-corrected chi connectivity index (χ3v) is 2.94. The molecule has 0 saturated heterocycles. The highest BCUT2D eigenvalue weighted by Gasteiger charge is 2.32. The number of nitrogens with two attached hydrogens (primary N) is 1. The van der Waals surface area contributed by atoms with E-state index in [0.29, 0.717) is 17.7 Å². The molecule has 7 heteroatoms. The zero-order valence-corrected chi connectivity index (χ0v) is 10.9. The SMILES string of the molecule is Cc1cnc(N)c(C(O)c2cc(F)cc(C(F)(F)F)c2)c1.